The molecule has 0 radical (unpaired) electrons. The van der Waals surface area contributed by atoms with E-state index in [0.717, 1.165) is 22.4 Å². The first-order valence-electron chi connectivity index (χ1n) is 5.31. The van der Waals surface area contributed by atoms with Crippen LogP contribution in [0.2, 0.25) is 0 Å². The van der Waals surface area contributed by atoms with Gasteiger partial charge in [-0.15, -0.1) is 20.4 Å². The van der Waals surface area contributed by atoms with Gasteiger partial charge in [0.05, 0.1) is 0 Å². The highest BCUT2D eigenvalue weighted by atomic mass is 32.2. The number of aromatic nitrogens is 4. The van der Waals surface area contributed by atoms with Crippen LogP contribution < -0.4 is 5.32 Å². The summed E-state index contributed by atoms with van der Waals surface area (Å²) in [5, 5.41) is 29.0. The molecule has 0 spiro atoms. The number of anilines is 1. The third-order valence-corrected chi connectivity index (χ3v) is 3.74. The molecule has 2 aromatic rings. The van der Waals surface area contributed by atoms with E-state index in [2.05, 4.69) is 32.6 Å². The Hall–Kier alpha value is -1.72. The third-order valence-electron chi connectivity index (χ3n) is 1.88. The van der Waals surface area contributed by atoms with Gasteiger partial charge in [0.1, 0.15) is 11.1 Å². The quantitative estimate of drug-likeness (QED) is 0.896. The standard InChI is InChI=1S/C10H10N6S2/c1-2-5-12-9-15-16-10(18-9)17-8-4-3-7(6-11)13-14-8/h3-4H,2,5H2,1H3,(H,12,15). The fraction of sp³-hybridized carbons (Fsp3) is 0.300. The Bertz CT molecular complexity index is 544. The molecule has 0 aliphatic rings. The number of rotatable bonds is 5. The fourth-order valence-corrected chi connectivity index (χ4v) is 2.72. The maximum absolute atomic E-state index is 8.62. The molecule has 2 aromatic heterocycles. The van der Waals surface area contributed by atoms with Crippen molar-refractivity contribution in [3.05, 3.63) is 17.8 Å². The van der Waals surface area contributed by atoms with Gasteiger partial charge in [0.25, 0.3) is 0 Å². The van der Waals surface area contributed by atoms with Crippen LogP contribution in [0.1, 0.15) is 19.0 Å². The zero-order valence-electron chi connectivity index (χ0n) is 9.62. The topological polar surface area (TPSA) is 87.4 Å². The predicted octanol–water partition coefficient (Wildman–Crippen LogP) is 2.17. The lowest BCUT2D eigenvalue weighted by molar-refractivity contribution is 0.911. The first-order valence-corrected chi connectivity index (χ1v) is 6.94. The van der Waals surface area contributed by atoms with Crippen LogP contribution in [0.3, 0.4) is 0 Å². The Kier molecular flexibility index (Phi) is 4.44. The van der Waals surface area contributed by atoms with Gasteiger partial charge in [0.15, 0.2) is 10.0 Å². The highest BCUT2D eigenvalue weighted by Crippen LogP contribution is 2.30. The van der Waals surface area contributed by atoms with Crippen LogP contribution in [0.4, 0.5) is 5.13 Å². The van der Waals surface area contributed by atoms with Crippen molar-refractivity contribution in [2.75, 3.05) is 11.9 Å². The van der Waals surface area contributed by atoms with E-state index in [9.17, 15) is 0 Å². The zero-order chi connectivity index (χ0) is 12.8. The lowest BCUT2D eigenvalue weighted by atomic mass is 10.4. The lowest BCUT2D eigenvalue weighted by Crippen LogP contribution is -1.98. The van der Waals surface area contributed by atoms with Gasteiger partial charge in [-0.3, -0.25) is 0 Å². The first-order chi connectivity index (χ1) is 8.81. The van der Waals surface area contributed by atoms with Crippen LogP contribution in [0.15, 0.2) is 21.5 Å². The minimum atomic E-state index is 0.307. The highest BCUT2D eigenvalue weighted by Gasteiger charge is 2.07. The summed E-state index contributed by atoms with van der Waals surface area (Å²) in [6.07, 6.45) is 1.04. The summed E-state index contributed by atoms with van der Waals surface area (Å²) in [5.74, 6) is 0. The van der Waals surface area contributed by atoms with Gasteiger partial charge in [-0.25, -0.2) is 0 Å². The largest absolute Gasteiger partial charge is 0.360 e. The Labute approximate surface area is 112 Å². The van der Waals surface area contributed by atoms with Gasteiger partial charge in [0.2, 0.25) is 5.13 Å². The van der Waals surface area contributed by atoms with Gasteiger partial charge in [-0.2, -0.15) is 5.26 Å². The fourth-order valence-electron chi connectivity index (χ4n) is 1.08. The molecule has 0 atom stereocenters. The van der Waals surface area contributed by atoms with Gasteiger partial charge in [-0.05, 0) is 30.3 Å². The van der Waals surface area contributed by atoms with Crippen LogP contribution in [0.5, 0.6) is 0 Å². The number of nitriles is 1. The summed E-state index contributed by atoms with van der Waals surface area (Å²) < 4.78 is 0.799. The molecule has 0 aliphatic carbocycles. The molecular formula is C10H10N6S2. The summed E-state index contributed by atoms with van der Waals surface area (Å²) in [7, 11) is 0. The van der Waals surface area contributed by atoms with Crippen molar-refractivity contribution in [2.45, 2.75) is 22.7 Å². The van der Waals surface area contributed by atoms with Crippen LogP contribution >= 0.6 is 23.1 Å². The van der Waals surface area contributed by atoms with E-state index in [1.54, 1.807) is 12.1 Å². The van der Waals surface area contributed by atoms with Crippen LogP contribution in [0.25, 0.3) is 0 Å². The molecule has 1 N–H and O–H groups in total. The first kappa shape index (κ1) is 12.7. The van der Waals surface area contributed by atoms with E-state index in [0.29, 0.717) is 10.7 Å². The van der Waals surface area contributed by atoms with E-state index >= 15 is 0 Å². The summed E-state index contributed by atoms with van der Waals surface area (Å²) in [6.45, 7) is 2.98. The number of nitrogens with one attached hydrogen (secondary N) is 1. The molecule has 2 rings (SSSR count). The Morgan fingerprint density at radius 1 is 1.33 bits per heavy atom. The molecule has 0 aliphatic heterocycles. The highest BCUT2D eigenvalue weighted by molar-refractivity contribution is 8.01. The van der Waals surface area contributed by atoms with Gasteiger partial charge < -0.3 is 5.32 Å². The minimum absolute atomic E-state index is 0.307. The van der Waals surface area contributed by atoms with Crippen LogP contribution in [0, 0.1) is 11.3 Å². The molecule has 92 valence electrons. The van der Waals surface area contributed by atoms with E-state index in [4.69, 9.17) is 5.26 Å². The molecule has 18 heavy (non-hydrogen) atoms. The molecule has 0 bridgehead atoms. The maximum Gasteiger partial charge on any atom is 0.206 e. The molecule has 0 unspecified atom stereocenters. The molecule has 6 nitrogen and oxygen atoms in total. The summed E-state index contributed by atoms with van der Waals surface area (Å²) in [5.41, 5.74) is 0.307. The average Bonchev–Trinajstić information content (AvgIpc) is 2.85. The van der Waals surface area contributed by atoms with Crippen molar-refractivity contribution in [3.63, 3.8) is 0 Å². The Balaban J connectivity index is 2.00. The second kappa shape index (κ2) is 6.28. The molecule has 2 heterocycles. The van der Waals surface area contributed by atoms with Gasteiger partial charge in [-0.1, -0.05) is 18.3 Å². The second-order valence-electron chi connectivity index (χ2n) is 3.27. The lowest BCUT2D eigenvalue weighted by Gasteiger charge is -1.95. The van der Waals surface area contributed by atoms with Crippen molar-refractivity contribution in [3.8, 4) is 6.07 Å². The van der Waals surface area contributed by atoms with Crippen molar-refractivity contribution in [1.82, 2.24) is 20.4 Å². The SMILES string of the molecule is CCCNc1nnc(Sc2ccc(C#N)nn2)s1. The molecule has 0 saturated carbocycles. The van der Waals surface area contributed by atoms with E-state index in [-0.39, 0.29) is 0 Å². The maximum atomic E-state index is 8.62. The van der Waals surface area contributed by atoms with Crippen molar-refractivity contribution in [1.29, 1.82) is 5.26 Å². The van der Waals surface area contributed by atoms with Gasteiger partial charge >= 0.3 is 0 Å². The van der Waals surface area contributed by atoms with E-state index in [1.165, 1.54) is 23.1 Å². The Morgan fingerprint density at radius 3 is 2.89 bits per heavy atom. The smallest absolute Gasteiger partial charge is 0.206 e. The Morgan fingerprint density at radius 2 is 2.22 bits per heavy atom. The molecule has 0 amide bonds. The molecule has 0 saturated heterocycles. The number of hydrogen-bond acceptors (Lipinski definition) is 8. The van der Waals surface area contributed by atoms with Gasteiger partial charge in [0, 0.05) is 6.54 Å². The van der Waals surface area contributed by atoms with Crippen molar-refractivity contribution < 1.29 is 0 Å². The van der Waals surface area contributed by atoms with Crippen LogP contribution in [-0.2, 0) is 0 Å². The van der Waals surface area contributed by atoms with E-state index < -0.39 is 0 Å². The summed E-state index contributed by atoms with van der Waals surface area (Å²) in [4.78, 5) is 0. The molecule has 0 fully saturated rings. The predicted molar refractivity (Wildman–Crippen MR) is 69.6 cm³/mol. The monoisotopic (exact) mass is 278 g/mol. The normalized spacial score (nSPS) is 10.0. The zero-order valence-corrected chi connectivity index (χ0v) is 11.3. The molecular weight excluding hydrogens is 268 g/mol. The van der Waals surface area contributed by atoms with Crippen molar-refractivity contribution >= 4 is 28.2 Å². The summed E-state index contributed by atoms with van der Waals surface area (Å²) >= 11 is 2.86. The van der Waals surface area contributed by atoms with Crippen LogP contribution in [-0.4, -0.2) is 26.9 Å². The average molecular weight is 278 g/mol. The second-order valence-corrected chi connectivity index (χ2v) is 5.52. The van der Waals surface area contributed by atoms with E-state index in [1.807, 2.05) is 6.07 Å². The number of nitrogens with zero attached hydrogens (tertiary/aromatic N) is 5. The third kappa shape index (κ3) is 3.38. The minimum Gasteiger partial charge on any atom is -0.360 e. The van der Waals surface area contributed by atoms with Crippen molar-refractivity contribution in [2.24, 2.45) is 0 Å². The number of hydrogen-bond donors (Lipinski definition) is 1. The summed E-state index contributed by atoms with van der Waals surface area (Å²) in [6, 6.07) is 5.31. The molecule has 8 heteroatoms. The molecule has 0 aromatic carbocycles.